The van der Waals surface area contributed by atoms with Gasteiger partial charge in [-0.15, -0.1) is 0 Å². The van der Waals surface area contributed by atoms with Crippen molar-refractivity contribution in [3.8, 4) is 0 Å². The van der Waals surface area contributed by atoms with Gasteiger partial charge in [0.15, 0.2) is 0 Å². The third kappa shape index (κ3) is 2.99. The molecule has 0 radical (unpaired) electrons. The van der Waals surface area contributed by atoms with Gasteiger partial charge in [0.2, 0.25) is 0 Å². The van der Waals surface area contributed by atoms with Gasteiger partial charge in [0.25, 0.3) is 0 Å². The second kappa shape index (κ2) is 4.67. The number of aliphatic hydroxyl groups is 1. The second-order valence-corrected chi connectivity index (χ2v) is 5.36. The number of rotatable bonds is 2. The van der Waals surface area contributed by atoms with Crippen molar-refractivity contribution in [2.24, 2.45) is 5.73 Å². The highest BCUT2D eigenvalue weighted by molar-refractivity contribution is 5.48. The third-order valence-corrected chi connectivity index (χ3v) is 3.62. The van der Waals surface area contributed by atoms with Crippen molar-refractivity contribution in [3.05, 3.63) is 29.8 Å². The highest BCUT2D eigenvalue weighted by atomic mass is 16.3. The summed E-state index contributed by atoms with van der Waals surface area (Å²) in [5.74, 6) is 0. The van der Waals surface area contributed by atoms with Crippen LogP contribution in [0.1, 0.15) is 38.3 Å². The minimum atomic E-state index is -0.484. The number of benzene rings is 1. The smallest absolute Gasteiger partial charge is 0.0653 e. The van der Waals surface area contributed by atoms with Crippen LogP contribution in [-0.4, -0.2) is 23.8 Å². The van der Waals surface area contributed by atoms with Gasteiger partial charge in [-0.1, -0.05) is 12.1 Å². The summed E-state index contributed by atoms with van der Waals surface area (Å²) in [4.78, 5) is 2.32. The van der Waals surface area contributed by atoms with Crippen LogP contribution in [0.4, 0.5) is 5.69 Å². The van der Waals surface area contributed by atoms with E-state index in [0.29, 0.717) is 0 Å². The quantitative estimate of drug-likeness (QED) is 0.823. The van der Waals surface area contributed by atoms with Crippen LogP contribution in [0.25, 0.3) is 0 Å². The highest BCUT2D eigenvalue weighted by Gasteiger charge is 2.27. The zero-order valence-corrected chi connectivity index (χ0v) is 10.7. The molecular weight excluding hydrogens is 212 g/mol. The van der Waals surface area contributed by atoms with Crippen LogP contribution >= 0.6 is 0 Å². The van der Waals surface area contributed by atoms with E-state index in [9.17, 15) is 5.11 Å². The van der Waals surface area contributed by atoms with E-state index in [-0.39, 0.29) is 6.04 Å². The predicted molar refractivity (Wildman–Crippen MR) is 71.1 cm³/mol. The molecule has 0 bridgehead atoms. The van der Waals surface area contributed by atoms with E-state index >= 15 is 0 Å². The van der Waals surface area contributed by atoms with Crippen molar-refractivity contribution in [2.45, 2.75) is 38.3 Å². The van der Waals surface area contributed by atoms with E-state index in [1.54, 1.807) is 0 Å². The fourth-order valence-electron chi connectivity index (χ4n) is 2.24. The summed E-state index contributed by atoms with van der Waals surface area (Å²) in [6.45, 7) is 5.76. The molecule has 0 saturated carbocycles. The molecule has 17 heavy (non-hydrogen) atoms. The third-order valence-electron chi connectivity index (χ3n) is 3.62. The molecule has 2 rings (SSSR count). The van der Waals surface area contributed by atoms with Gasteiger partial charge < -0.3 is 15.7 Å². The van der Waals surface area contributed by atoms with E-state index in [1.165, 1.54) is 5.69 Å². The standard InChI is InChI=1S/C14H22N2O/c1-11(15)12-3-5-13(6-4-12)16-9-7-14(2,17)8-10-16/h3-6,11,17H,7-10,15H2,1-2H3. The van der Waals surface area contributed by atoms with E-state index in [1.807, 2.05) is 13.8 Å². The summed E-state index contributed by atoms with van der Waals surface area (Å²) < 4.78 is 0. The predicted octanol–water partition coefficient (Wildman–Crippen LogP) is 2.06. The number of hydrogen-bond donors (Lipinski definition) is 2. The Balaban J connectivity index is 2.04. The molecule has 1 aliphatic rings. The molecule has 1 fully saturated rings. The largest absolute Gasteiger partial charge is 0.390 e. The number of nitrogens with zero attached hydrogens (tertiary/aromatic N) is 1. The Bertz CT molecular complexity index is 360. The van der Waals surface area contributed by atoms with E-state index in [0.717, 1.165) is 31.5 Å². The van der Waals surface area contributed by atoms with Crippen LogP contribution in [0.5, 0.6) is 0 Å². The monoisotopic (exact) mass is 234 g/mol. The van der Waals surface area contributed by atoms with Crippen LogP contribution in [0.3, 0.4) is 0 Å². The van der Waals surface area contributed by atoms with E-state index < -0.39 is 5.60 Å². The molecule has 1 aromatic carbocycles. The van der Waals surface area contributed by atoms with E-state index in [4.69, 9.17) is 5.73 Å². The average molecular weight is 234 g/mol. The Kier molecular flexibility index (Phi) is 3.40. The molecule has 0 amide bonds. The van der Waals surface area contributed by atoms with Crippen LogP contribution in [-0.2, 0) is 0 Å². The molecule has 1 unspecified atom stereocenters. The molecule has 3 N–H and O–H groups in total. The first-order chi connectivity index (χ1) is 7.98. The van der Waals surface area contributed by atoms with Crippen LogP contribution < -0.4 is 10.6 Å². The van der Waals surface area contributed by atoms with Gasteiger partial charge in [0.05, 0.1) is 5.60 Å². The minimum Gasteiger partial charge on any atom is -0.390 e. The summed E-state index contributed by atoms with van der Waals surface area (Å²) >= 11 is 0. The molecule has 0 aromatic heterocycles. The van der Waals surface area contributed by atoms with Crippen molar-refractivity contribution in [1.82, 2.24) is 0 Å². The summed E-state index contributed by atoms with van der Waals surface area (Å²) in [5.41, 5.74) is 7.74. The molecule has 3 nitrogen and oxygen atoms in total. The Morgan fingerprint density at radius 3 is 2.24 bits per heavy atom. The van der Waals surface area contributed by atoms with Crippen molar-refractivity contribution < 1.29 is 5.11 Å². The first-order valence-corrected chi connectivity index (χ1v) is 6.31. The van der Waals surface area contributed by atoms with Gasteiger partial charge in [-0.3, -0.25) is 0 Å². The molecule has 3 heteroatoms. The lowest BCUT2D eigenvalue weighted by atomic mass is 9.93. The SMILES string of the molecule is CC(N)c1ccc(N2CCC(C)(O)CC2)cc1. The maximum absolute atomic E-state index is 9.91. The van der Waals surface area contributed by atoms with Crippen LogP contribution in [0.15, 0.2) is 24.3 Å². The maximum Gasteiger partial charge on any atom is 0.0653 e. The first kappa shape index (κ1) is 12.4. The van der Waals surface area contributed by atoms with E-state index in [2.05, 4.69) is 29.2 Å². The van der Waals surface area contributed by atoms with Gasteiger partial charge in [0, 0.05) is 24.8 Å². The molecule has 1 heterocycles. The summed E-state index contributed by atoms with van der Waals surface area (Å²) in [7, 11) is 0. The van der Waals surface area contributed by atoms with Crippen molar-refractivity contribution in [2.75, 3.05) is 18.0 Å². The maximum atomic E-state index is 9.91. The topological polar surface area (TPSA) is 49.5 Å². The Morgan fingerprint density at radius 1 is 1.24 bits per heavy atom. The molecule has 94 valence electrons. The Morgan fingerprint density at radius 2 is 1.76 bits per heavy atom. The number of nitrogens with two attached hydrogens (primary N) is 1. The molecular formula is C14H22N2O. The number of piperidine rings is 1. The summed E-state index contributed by atoms with van der Waals surface area (Å²) in [6.07, 6.45) is 1.67. The lowest BCUT2D eigenvalue weighted by Crippen LogP contribution is -2.42. The molecule has 0 spiro atoms. The van der Waals surface area contributed by atoms with Gasteiger partial charge in [0.1, 0.15) is 0 Å². The molecule has 1 saturated heterocycles. The molecule has 0 aliphatic carbocycles. The van der Waals surface area contributed by atoms with Gasteiger partial charge in [-0.05, 0) is 44.4 Å². The fourth-order valence-corrected chi connectivity index (χ4v) is 2.24. The zero-order valence-electron chi connectivity index (χ0n) is 10.7. The average Bonchev–Trinajstić information content (AvgIpc) is 2.29. The van der Waals surface area contributed by atoms with Gasteiger partial charge >= 0.3 is 0 Å². The van der Waals surface area contributed by atoms with Gasteiger partial charge in [-0.25, -0.2) is 0 Å². The molecule has 1 aromatic rings. The lowest BCUT2D eigenvalue weighted by molar-refractivity contribution is 0.0351. The van der Waals surface area contributed by atoms with Crippen LogP contribution in [0.2, 0.25) is 0 Å². The normalized spacial score (nSPS) is 21.3. The van der Waals surface area contributed by atoms with Crippen molar-refractivity contribution in [1.29, 1.82) is 0 Å². The second-order valence-electron chi connectivity index (χ2n) is 5.36. The number of hydrogen-bond acceptors (Lipinski definition) is 3. The highest BCUT2D eigenvalue weighted by Crippen LogP contribution is 2.26. The lowest BCUT2D eigenvalue weighted by Gasteiger charge is -2.37. The zero-order chi connectivity index (χ0) is 12.5. The Labute approximate surface area is 103 Å². The summed E-state index contributed by atoms with van der Waals surface area (Å²) in [6, 6.07) is 8.52. The summed E-state index contributed by atoms with van der Waals surface area (Å²) in [5, 5.41) is 9.91. The molecule has 1 atom stereocenters. The van der Waals surface area contributed by atoms with Crippen molar-refractivity contribution in [3.63, 3.8) is 0 Å². The van der Waals surface area contributed by atoms with Crippen molar-refractivity contribution >= 4 is 5.69 Å². The number of anilines is 1. The van der Waals surface area contributed by atoms with Gasteiger partial charge in [-0.2, -0.15) is 0 Å². The van der Waals surface area contributed by atoms with Crippen LogP contribution in [0, 0.1) is 0 Å². The fraction of sp³-hybridized carbons (Fsp3) is 0.571. The molecule has 1 aliphatic heterocycles. The minimum absolute atomic E-state index is 0.0890. The Hall–Kier alpha value is -1.06. The first-order valence-electron chi connectivity index (χ1n) is 6.31.